The van der Waals surface area contributed by atoms with Crippen molar-refractivity contribution in [2.45, 2.75) is 13.8 Å². The van der Waals surface area contributed by atoms with Crippen molar-refractivity contribution in [2.75, 3.05) is 5.32 Å². The fourth-order valence-corrected chi connectivity index (χ4v) is 1.27. The second kappa shape index (κ2) is 3.87. The highest BCUT2D eigenvalue weighted by Gasteiger charge is 2.05. The summed E-state index contributed by atoms with van der Waals surface area (Å²) in [7, 11) is 0. The average molecular weight is 249 g/mol. The van der Waals surface area contributed by atoms with Crippen molar-refractivity contribution < 1.29 is 13.3 Å². The van der Waals surface area contributed by atoms with Crippen LogP contribution in [0, 0.1) is 12.7 Å². The molecule has 0 aliphatic rings. The lowest BCUT2D eigenvalue weighted by Crippen LogP contribution is -2.06. The first kappa shape index (κ1) is 6.54. The second-order valence-corrected chi connectivity index (χ2v) is 3.35. The van der Waals surface area contributed by atoms with Gasteiger partial charge in [0, 0.05) is 15.5 Å². The van der Waals surface area contributed by atoms with E-state index in [0.29, 0.717) is 4.47 Å². The zero-order chi connectivity index (χ0) is 12.5. The molecule has 1 rings (SSSR count). The summed E-state index contributed by atoms with van der Waals surface area (Å²) < 4.78 is 35.1. The molecular formula is C9H9BrFNO. The van der Waals surface area contributed by atoms with E-state index < -0.39 is 12.7 Å². The van der Waals surface area contributed by atoms with Crippen LogP contribution in [0.25, 0.3) is 0 Å². The van der Waals surface area contributed by atoms with Crippen molar-refractivity contribution in [3.63, 3.8) is 0 Å². The fraction of sp³-hybridized carbons (Fsp3) is 0.222. The molecule has 1 aromatic carbocycles. The predicted octanol–water partition coefficient (Wildman–Crippen LogP) is 2.86. The predicted molar refractivity (Wildman–Crippen MR) is 53.1 cm³/mol. The minimum Gasteiger partial charge on any atom is -0.325 e. The maximum atomic E-state index is 13.4. The van der Waals surface area contributed by atoms with Gasteiger partial charge in [-0.25, -0.2) is 4.39 Å². The molecule has 0 bridgehead atoms. The van der Waals surface area contributed by atoms with E-state index in [9.17, 15) is 9.18 Å². The highest BCUT2D eigenvalue weighted by atomic mass is 79.9. The van der Waals surface area contributed by atoms with Crippen LogP contribution < -0.4 is 5.32 Å². The molecule has 4 heteroatoms. The largest absolute Gasteiger partial charge is 0.325 e. The number of amides is 1. The highest BCUT2D eigenvalue weighted by molar-refractivity contribution is 9.10. The Hall–Kier alpha value is -0.900. The number of hydrogen-bond acceptors (Lipinski definition) is 1. The molecule has 0 radical (unpaired) electrons. The Labute approximate surface area is 88.5 Å². The molecule has 0 aliphatic carbocycles. The van der Waals surface area contributed by atoms with Crippen molar-refractivity contribution in [1.29, 1.82) is 0 Å². The molecule has 0 aromatic heterocycles. The molecular weight excluding hydrogens is 237 g/mol. The summed E-state index contributed by atoms with van der Waals surface area (Å²) in [6.45, 7) is -1.23. The Morgan fingerprint density at radius 2 is 2.38 bits per heavy atom. The maximum absolute atomic E-state index is 13.4. The summed E-state index contributed by atoms with van der Waals surface area (Å²) in [5, 5.41) is 2.38. The van der Waals surface area contributed by atoms with E-state index in [1.165, 1.54) is 6.92 Å². The van der Waals surface area contributed by atoms with E-state index in [0.717, 1.165) is 12.1 Å². The number of anilines is 1. The van der Waals surface area contributed by atoms with E-state index >= 15 is 0 Å². The first-order chi connectivity index (χ1) is 7.21. The fourth-order valence-electron chi connectivity index (χ4n) is 0.832. The number of aryl methyl sites for hydroxylation is 1. The van der Waals surface area contributed by atoms with Gasteiger partial charge in [-0.2, -0.15) is 0 Å². The van der Waals surface area contributed by atoms with Gasteiger partial charge in [0.25, 0.3) is 0 Å². The smallest absolute Gasteiger partial charge is 0.221 e. The lowest BCUT2D eigenvalue weighted by Gasteiger charge is -2.06. The van der Waals surface area contributed by atoms with Gasteiger partial charge >= 0.3 is 0 Å². The Morgan fingerprint density at radius 3 is 2.92 bits per heavy atom. The van der Waals surface area contributed by atoms with Gasteiger partial charge in [0.15, 0.2) is 0 Å². The summed E-state index contributed by atoms with van der Waals surface area (Å²) in [6.07, 6.45) is 0. The van der Waals surface area contributed by atoms with Gasteiger partial charge in [-0.1, -0.05) is 0 Å². The molecule has 70 valence electrons. The standard InChI is InChI=1S/C9H9BrFNO/c1-5-3-7(10)9(4-8(5)11)12-6(2)13/h3-4H,1-2H3,(H,12,13)/i1D3. The molecule has 0 atom stereocenters. The van der Waals surface area contributed by atoms with Crippen LogP contribution >= 0.6 is 15.9 Å². The van der Waals surface area contributed by atoms with Crippen LogP contribution in [0.4, 0.5) is 10.1 Å². The van der Waals surface area contributed by atoms with Gasteiger partial charge in [0.1, 0.15) is 5.82 Å². The minimum absolute atomic E-state index is 0.206. The third kappa shape index (κ3) is 2.52. The SMILES string of the molecule is [2H]C([2H])([2H])c1cc(Br)c(NC(C)=O)cc1F. The quantitative estimate of drug-likeness (QED) is 0.814. The van der Waals surface area contributed by atoms with E-state index in [2.05, 4.69) is 21.2 Å². The molecule has 13 heavy (non-hydrogen) atoms. The number of nitrogens with one attached hydrogen (secondary N) is 1. The zero-order valence-electron chi connectivity index (χ0n) is 9.82. The average Bonchev–Trinajstić information content (AvgIpc) is 2.07. The molecule has 0 spiro atoms. The Morgan fingerprint density at radius 1 is 1.69 bits per heavy atom. The third-order valence-corrected chi connectivity index (χ3v) is 2.02. The summed E-state index contributed by atoms with van der Waals surface area (Å²) >= 11 is 3.07. The lowest BCUT2D eigenvalue weighted by atomic mass is 10.2. The number of halogens is 2. The van der Waals surface area contributed by atoms with Gasteiger partial charge in [0.2, 0.25) is 5.91 Å². The molecule has 0 fully saturated rings. The normalized spacial score (nSPS) is 14.2. The van der Waals surface area contributed by atoms with Crippen LogP contribution in [0.15, 0.2) is 16.6 Å². The van der Waals surface area contributed by atoms with Crippen molar-refractivity contribution in [2.24, 2.45) is 0 Å². The zero-order valence-corrected chi connectivity index (χ0v) is 8.40. The summed E-state index contributed by atoms with van der Waals surface area (Å²) in [5.74, 6) is -1.23. The van der Waals surface area contributed by atoms with Crippen molar-refractivity contribution in [3.8, 4) is 0 Å². The molecule has 1 N–H and O–H groups in total. The lowest BCUT2D eigenvalue weighted by molar-refractivity contribution is -0.114. The topological polar surface area (TPSA) is 29.1 Å². The number of carbonyl (C=O) groups is 1. The summed E-state index contributed by atoms with van der Waals surface area (Å²) in [6, 6.07) is 2.13. The molecule has 0 aliphatic heterocycles. The monoisotopic (exact) mass is 248 g/mol. The first-order valence-electron chi connectivity index (χ1n) is 4.99. The number of hydrogen-bond donors (Lipinski definition) is 1. The van der Waals surface area contributed by atoms with Crippen molar-refractivity contribution in [3.05, 3.63) is 28.0 Å². The van der Waals surface area contributed by atoms with E-state index in [1.807, 2.05) is 0 Å². The molecule has 0 saturated carbocycles. The van der Waals surface area contributed by atoms with E-state index in [1.54, 1.807) is 0 Å². The molecule has 0 heterocycles. The molecule has 1 amide bonds. The molecule has 0 unspecified atom stereocenters. The van der Waals surface area contributed by atoms with Gasteiger partial charge in [0.05, 0.1) is 5.69 Å². The summed E-state index contributed by atoms with van der Waals surface area (Å²) in [5.41, 5.74) is -0.175. The number of rotatable bonds is 1. The van der Waals surface area contributed by atoms with Gasteiger partial charge in [-0.3, -0.25) is 4.79 Å². The molecule has 1 aromatic rings. The van der Waals surface area contributed by atoms with Crippen molar-refractivity contribution in [1.82, 2.24) is 0 Å². The Bertz CT molecular complexity index is 433. The van der Waals surface area contributed by atoms with Gasteiger partial charge in [-0.05, 0) is 40.5 Å². The second-order valence-electron chi connectivity index (χ2n) is 2.49. The molecule has 2 nitrogen and oxygen atoms in total. The van der Waals surface area contributed by atoms with Gasteiger partial charge < -0.3 is 5.32 Å². The number of carbonyl (C=O) groups excluding carboxylic acids is 1. The third-order valence-electron chi connectivity index (χ3n) is 1.37. The van der Waals surface area contributed by atoms with E-state index in [-0.39, 0.29) is 17.2 Å². The van der Waals surface area contributed by atoms with Crippen LogP contribution in [-0.4, -0.2) is 5.91 Å². The van der Waals surface area contributed by atoms with Crippen LogP contribution in [0.1, 0.15) is 16.6 Å². The highest BCUT2D eigenvalue weighted by Crippen LogP contribution is 2.25. The van der Waals surface area contributed by atoms with Crippen LogP contribution in [0.3, 0.4) is 0 Å². The molecule has 0 saturated heterocycles. The van der Waals surface area contributed by atoms with Crippen LogP contribution in [-0.2, 0) is 4.79 Å². The maximum Gasteiger partial charge on any atom is 0.221 e. The first-order valence-corrected chi connectivity index (χ1v) is 4.28. The van der Waals surface area contributed by atoms with Gasteiger partial charge in [-0.15, -0.1) is 0 Å². The van der Waals surface area contributed by atoms with E-state index in [4.69, 9.17) is 4.11 Å². The summed E-state index contributed by atoms with van der Waals surface area (Å²) in [4.78, 5) is 10.8. The van der Waals surface area contributed by atoms with Crippen LogP contribution in [0.2, 0.25) is 0 Å². The Balaban J connectivity index is 3.22. The van der Waals surface area contributed by atoms with Crippen molar-refractivity contribution >= 4 is 27.5 Å². The minimum atomic E-state index is -2.51. The number of benzene rings is 1. The van der Waals surface area contributed by atoms with Crippen LogP contribution in [0.5, 0.6) is 0 Å². The Kier molecular flexibility index (Phi) is 1.95.